The number of nitrogens with zero attached hydrogens (tertiary/aromatic N) is 3. The molecule has 251 valence electrons. The Morgan fingerprint density at radius 3 is 2.35 bits per heavy atom. The number of pyridine rings is 1. The van der Waals surface area contributed by atoms with Gasteiger partial charge in [0, 0.05) is 43.3 Å². The summed E-state index contributed by atoms with van der Waals surface area (Å²) in [7, 11) is 0. The van der Waals surface area contributed by atoms with E-state index in [1.54, 1.807) is 0 Å². The molecule has 3 aromatic heterocycles. The molecule has 0 fully saturated rings. The van der Waals surface area contributed by atoms with Gasteiger partial charge in [0.05, 0.1) is 22.4 Å². The fourth-order valence-corrected chi connectivity index (χ4v) is 6.82. The molecule has 1 unspecified atom stereocenters. The van der Waals surface area contributed by atoms with Gasteiger partial charge in [-0.2, -0.15) is 0 Å². The van der Waals surface area contributed by atoms with E-state index in [2.05, 4.69) is 125 Å². The first-order chi connectivity index (χ1) is 22.9. The summed E-state index contributed by atoms with van der Waals surface area (Å²) in [6.45, 7) is 15.9. The van der Waals surface area contributed by atoms with Crippen molar-refractivity contribution >= 4 is 39.0 Å². The van der Waals surface area contributed by atoms with Crippen molar-refractivity contribution in [3.63, 3.8) is 0 Å². The number of hydrogen-bond donors (Lipinski definition) is 0. The summed E-state index contributed by atoms with van der Waals surface area (Å²) in [5, 5.41) is 2.25. The van der Waals surface area contributed by atoms with Crippen LogP contribution in [0.2, 0.25) is 0 Å². The van der Waals surface area contributed by atoms with Gasteiger partial charge < -0.3 is 14.0 Å². The molecule has 4 aromatic carbocycles. The summed E-state index contributed by atoms with van der Waals surface area (Å²) in [6.07, 6.45) is 8.52. The summed E-state index contributed by atoms with van der Waals surface area (Å²) < 4.78 is 8.47. The zero-order valence-corrected chi connectivity index (χ0v) is 31.8. The maximum atomic E-state index is 6.11. The molecule has 1 aliphatic heterocycles. The predicted molar refractivity (Wildman–Crippen MR) is 200 cm³/mol. The van der Waals surface area contributed by atoms with E-state index >= 15 is 0 Å². The smallest absolute Gasteiger partial charge is 0.120 e. The van der Waals surface area contributed by atoms with E-state index in [1.807, 2.05) is 48.7 Å². The molecule has 1 aliphatic rings. The molecule has 0 amide bonds. The van der Waals surface area contributed by atoms with Crippen molar-refractivity contribution in [3.8, 4) is 22.6 Å². The fourth-order valence-electron chi connectivity index (χ4n) is 6.82. The first kappa shape index (κ1) is 34.5. The second kappa shape index (κ2) is 13.5. The van der Waals surface area contributed by atoms with Crippen LogP contribution in [0.1, 0.15) is 71.2 Å². The summed E-state index contributed by atoms with van der Waals surface area (Å²) >= 11 is 0. The van der Waals surface area contributed by atoms with Gasteiger partial charge in [-0.15, -0.1) is 54.1 Å². The van der Waals surface area contributed by atoms with Gasteiger partial charge in [0.2, 0.25) is 0 Å². The van der Waals surface area contributed by atoms with E-state index in [1.165, 1.54) is 22.2 Å². The zero-order valence-electron chi connectivity index (χ0n) is 29.4. The first-order valence-corrected chi connectivity index (χ1v) is 16.9. The Bertz CT molecular complexity index is 2280. The van der Waals surface area contributed by atoms with Gasteiger partial charge in [-0.05, 0) is 60.1 Å². The molecule has 4 heterocycles. The summed E-state index contributed by atoms with van der Waals surface area (Å²) in [6, 6.07) is 35.9. The second-order valence-corrected chi connectivity index (χ2v) is 15.4. The number of allylic oxidation sites excluding steroid dienone is 1. The number of para-hydroxylation sites is 1. The Morgan fingerprint density at radius 2 is 1.59 bits per heavy atom. The van der Waals surface area contributed by atoms with E-state index in [0.717, 1.165) is 62.9 Å². The molecule has 0 spiro atoms. The van der Waals surface area contributed by atoms with E-state index in [9.17, 15) is 0 Å². The Kier molecular flexibility index (Phi) is 9.55. The van der Waals surface area contributed by atoms with Crippen LogP contribution in [0.3, 0.4) is 0 Å². The molecule has 0 saturated heterocycles. The maximum Gasteiger partial charge on any atom is 0.120 e. The van der Waals surface area contributed by atoms with E-state index < -0.39 is 0 Å². The van der Waals surface area contributed by atoms with Crippen LogP contribution in [0.15, 0.2) is 102 Å². The number of imidazole rings is 1. The normalized spacial score (nSPS) is 14.1. The molecule has 0 bridgehead atoms. The Balaban J connectivity index is 0.000000167. The number of furan rings is 1. The largest absolute Gasteiger partial charge is 0.501 e. The molecule has 1 radical (unpaired) electrons. The zero-order chi connectivity index (χ0) is 33.6. The Morgan fingerprint density at radius 1 is 0.816 bits per heavy atom. The monoisotopic (exact) mass is 822 g/mol. The number of benzene rings is 4. The summed E-state index contributed by atoms with van der Waals surface area (Å²) in [5.74, 6) is 1.01. The molecule has 49 heavy (non-hydrogen) atoms. The van der Waals surface area contributed by atoms with Gasteiger partial charge in [0.15, 0.2) is 0 Å². The molecule has 0 aliphatic carbocycles. The number of aromatic nitrogens is 3. The van der Waals surface area contributed by atoms with Crippen molar-refractivity contribution in [1.82, 2.24) is 14.5 Å². The molecule has 0 N–H and O–H groups in total. The quantitative estimate of drug-likeness (QED) is 0.166. The van der Waals surface area contributed by atoms with Crippen molar-refractivity contribution in [2.45, 2.75) is 67.3 Å². The van der Waals surface area contributed by atoms with Crippen molar-refractivity contribution in [1.29, 1.82) is 0 Å². The minimum atomic E-state index is 0. The summed E-state index contributed by atoms with van der Waals surface area (Å²) in [4.78, 5) is 9.50. The van der Waals surface area contributed by atoms with Crippen molar-refractivity contribution in [2.24, 2.45) is 10.8 Å². The second-order valence-electron chi connectivity index (χ2n) is 15.4. The minimum absolute atomic E-state index is 0. The predicted octanol–water partition coefficient (Wildman–Crippen LogP) is 11.7. The molecule has 7 aromatic rings. The van der Waals surface area contributed by atoms with Crippen molar-refractivity contribution in [2.75, 3.05) is 0 Å². The van der Waals surface area contributed by atoms with E-state index in [-0.39, 0.29) is 30.9 Å². The van der Waals surface area contributed by atoms with Crippen LogP contribution in [-0.4, -0.2) is 14.5 Å². The van der Waals surface area contributed by atoms with Crippen LogP contribution >= 0.6 is 0 Å². The van der Waals surface area contributed by atoms with Gasteiger partial charge in [-0.3, -0.25) is 4.98 Å². The van der Waals surface area contributed by atoms with Gasteiger partial charge in [-0.25, -0.2) is 0 Å². The Labute approximate surface area is 303 Å². The molecule has 1 atom stereocenters. The van der Waals surface area contributed by atoms with Crippen molar-refractivity contribution < 1.29 is 24.5 Å². The number of rotatable bonds is 4. The molecule has 5 heteroatoms. The molecular formula is C44H43IrN3O-2. The third kappa shape index (κ3) is 7.20. The summed E-state index contributed by atoms with van der Waals surface area (Å²) in [5.41, 5.74) is 11.5. The molecular weight excluding hydrogens is 779 g/mol. The topological polar surface area (TPSA) is 43.9 Å². The third-order valence-corrected chi connectivity index (χ3v) is 8.75. The van der Waals surface area contributed by atoms with Gasteiger partial charge in [-0.1, -0.05) is 101 Å². The molecule has 4 nitrogen and oxygen atoms in total. The van der Waals surface area contributed by atoms with Gasteiger partial charge in [0.25, 0.3) is 0 Å². The molecule has 0 saturated carbocycles. The van der Waals surface area contributed by atoms with E-state index in [0.29, 0.717) is 6.04 Å². The number of hydrogen-bond acceptors (Lipinski definition) is 3. The van der Waals surface area contributed by atoms with Gasteiger partial charge in [0.1, 0.15) is 5.58 Å². The average molecular weight is 822 g/mol. The average Bonchev–Trinajstić information content (AvgIpc) is 3.63. The SMILES string of the molecule is CC(C)(C)Cc1ccnc(-c2[c-]ccc3c2oc2ccccc23)c1.CC1C=Cc2c(CC(C)(C)C)ccc3nc(-c4[c-]cccc4)n1c23.[Ir]. The van der Waals surface area contributed by atoms with Crippen LogP contribution in [0, 0.1) is 23.0 Å². The maximum absolute atomic E-state index is 6.11. The van der Waals surface area contributed by atoms with Gasteiger partial charge >= 0.3 is 0 Å². The van der Waals surface area contributed by atoms with Crippen LogP contribution < -0.4 is 0 Å². The Hall–Kier alpha value is -4.31. The standard InChI is InChI=1S/C22H23N2.C22H20NO.Ir/c1-15-10-12-18-17(14-22(2,3)4)11-13-19-20(18)24(15)21(23-19)16-8-6-5-7-9-16;1-22(2,3)14-15-11-12-23-19(13-15)18-9-6-8-17-16-7-4-5-10-20(16)24-21(17)18;/h5-8,10-13,15H,14H2,1-4H3;4-8,10-13H,14H2,1-3H3;/q2*-1;. The number of fused-ring (bicyclic) bond motifs is 3. The first-order valence-electron chi connectivity index (χ1n) is 16.9. The van der Waals surface area contributed by atoms with Crippen LogP contribution in [0.25, 0.3) is 61.7 Å². The van der Waals surface area contributed by atoms with Crippen LogP contribution in [0.4, 0.5) is 0 Å². The minimum Gasteiger partial charge on any atom is -0.501 e. The van der Waals surface area contributed by atoms with Crippen LogP contribution in [-0.2, 0) is 32.9 Å². The van der Waals surface area contributed by atoms with E-state index in [4.69, 9.17) is 9.40 Å². The molecule has 8 rings (SSSR count). The van der Waals surface area contributed by atoms with Crippen molar-refractivity contribution in [3.05, 3.63) is 126 Å². The fraction of sp³-hybridized carbons (Fsp3) is 0.273. The third-order valence-electron chi connectivity index (χ3n) is 8.75. The van der Waals surface area contributed by atoms with Crippen LogP contribution in [0.5, 0.6) is 0 Å².